The topological polar surface area (TPSA) is 51.0 Å². The number of thioether (sulfide) groups is 1. The summed E-state index contributed by atoms with van der Waals surface area (Å²) in [7, 11) is 1.09. The first-order valence-corrected chi connectivity index (χ1v) is 5.52. The largest absolute Gasteiger partial charge is 0.449 e. The minimum Gasteiger partial charge on any atom is -0.351 e. The number of azo groups is 1. The summed E-state index contributed by atoms with van der Waals surface area (Å²) in [5.74, 6) is 0. The molecule has 1 rings (SSSR count). The molecule has 4 nitrogen and oxygen atoms in total. The van der Waals surface area contributed by atoms with Crippen molar-refractivity contribution in [2.75, 3.05) is 7.11 Å². The first-order chi connectivity index (χ1) is 8.42. The van der Waals surface area contributed by atoms with E-state index in [1.54, 1.807) is 30.3 Å². The molecule has 8 heteroatoms. The molecule has 0 aliphatic carbocycles. The summed E-state index contributed by atoms with van der Waals surface area (Å²) in [6.45, 7) is 0. The van der Waals surface area contributed by atoms with Crippen LogP contribution in [0.15, 0.2) is 40.6 Å². The lowest BCUT2D eigenvalue weighted by Gasteiger charge is -2.09. The van der Waals surface area contributed by atoms with Crippen molar-refractivity contribution in [2.24, 2.45) is 10.2 Å². The van der Waals surface area contributed by atoms with Crippen molar-refractivity contribution in [2.45, 2.75) is 11.7 Å². The molecule has 0 amide bonds. The Bertz CT molecular complexity index is 423. The van der Waals surface area contributed by atoms with E-state index in [2.05, 4.69) is 15.0 Å². The van der Waals surface area contributed by atoms with Crippen LogP contribution >= 0.6 is 11.8 Å². The minimum atomic E-state index is -4.66. The third kappa shape index (κ3) is 5.28. The summed E-state index contributed by atoms with van der Waals surface area (Å²) in [5, 5.41) is 5.80. The second kappa shape index (κ2) is 6.50. The van der Waals surface area contributed by atoms with Gasteiger partial charge in [-0.1, -0.05) is 18.2 Å². The smallest absolute Gasteiger partial charge is 0.351 e. The molecule has 0 saturated carbocycles. The molecule has 0 radical (unpaired) electrons. The Morgan fingerprint density at radius 2 is 1.94 bits per heavy atom. The molecule has 1 atom stereocenters. The van der Waals surface area contributed by atoms with Crippen LogP contribution in [0.25, 0.3) is 0 Å². The number of nitrogens with zero attached hydrogens (tertiary/aromatic N) is 2. The van der Waals surface area contributed by atoms with Gasteiger partial charge in [-0.2, -0.15) is 18.3 Å². The summed E-state index contributed by atoms with van der Waals surface area (Å²) in [6.07, 6.45) is -1.57. The van der Waals surface area contributed by atoms with E-state index in [0.717, 1.165) is 7.11 Å². The van der Waals surface area contributed by atoms with Gasteiger partial charge in [-0.05, 0) is 12.1 Å². The molecule has 0 aliphatic heterocycles. The van der Waals surface area contributed by atoms with E-state index in [1.807, 2.05) is 0 Å². The van der Waals surface area contributed by atoms with Crippen LogP contribution < -0.4 is 0 Å². The Hall–Kier alpha value is -1.41. The van der Waals surface area contributed by atoms with Crippen molar-refractivity contribution in [3.05, 3.63) is 30.3 Å². The third-order valence-electron chi connectivity index (χ3n) is 1.68. The van der Waals surface area contributed by atoms with E-state index < -0.39 is 28.6 Å². The van der Waals surface area contributed by atoms with E-state index in [4.69, 9.17) is 0 Å². The summed E-state index contributed by atoms with van der Waals surface area (Å²) < 4.78 is 40.5. The van der Waals surface area contributed by atoms with Crippen LogP contribution in [0, 0.1) is 0 Å². The molecule has 18 heavy (non-hydrogen) atoms. The Labute approximate surface area is 105 Å². The number of hydrogen-bond donors (Lipinski definition) is 0. The fourth-order valence-corrected chi connectivity index (χ4v) is 1.44. The second-order valence-corrected chi connectivity index (χ2v) is 4.08. The highest BCUT2D eigenvalue weighted by atomic mass is 32.2. The van der Waals surface area contributed by atoms with Crippen molar-refractivity contribution in [1.29, 1.82) is 0 Å². The monoisotopic (exact) mass is 278 g/mol. The number of methoxy groups -OCH3 is 1. The first kappa shape index (κ1) is 14.7. The van der Waals surface area contributed by atoms with Crippen molar-refractivity contribution < 1.29 is 22.7 Å². The minimum absolute atomic E-state index is 0.421. The number of halogens is 3. The second-order valence-electron chi connectivity index (χ2n) is 3.01. The number of carbonyl (C=O) groups excluding carboxylic acids is 1. The average molecular weight is 278 g/mol. The van der Waals surface area contributed by atoms with E-state index in [0.29, 0.717) is 5.69 Å². The fraction of sp³-hybridized carbons (Fsp3) is 0.300. The van der Waals surface area contributed by atoms with Gasteiger partial charge in [0, 0.05) is 18.9 Å². The quantitative estimate of drug-likeness (QED) is 0.792. The fourth-order valence-electron chi connectivity index (χ4n) is 0.969. The van der Waals surface area contributed by atoms with Gasteiger partial charge in [-0.15, -0.1) is 5.11 Å². The number of alkyl halides is 3. The van der Waals surface area contributed by atoms with E-state index in [1.165, 1.54) is 0 Å². The van der Waals surface area contributed by atoms with Gasteiger partial charge < -0.3 is 4.74 Å². The van der Waals surface area contributed by atoms with Crippen LogP contribution in [0.5, 0.6) is 0 Å². The maximum Gasteiger partial charge on any atom is 0.449 e. The van der Waals surface area contributed by atoms with Crippen LogP contribution in [-0.4, -0.2) is 24.0 Å². The molecule has 0 bridgehead atoms. The van der Waals surface area contributed by atoms with Gasteiger partial charge in [0.05, 0.1) is 5.69 Å². The Kier molecular flexibility index (Phi) is 5.29. The number of ether oxygens (including phenoxy) is 1. The maximum absolute atomic E-state index is 12.0. The molecule has 0 aliphatic rings. The average Bonchev–Trinajstić information content (AvgIpc) is 2.29. The maximum atomic E-state index is 12.0. The predicted octanol–water partition coefficient (Wildman–Crippen LogP) is 3.52. The lowest BCUT2D eigenvalue weighted by Crippen LogP contribution is -2.20. The zero-order valence-electron chi connectivity index (χ0n) is 9.22. The molecule has 1 unspecified atom stereocenters. The zero-order valence-corrected chi connectivity index (χ0v) is 10.0. The standard InChI is InChI=1S/C10H9F3N2O2S/c1-17-8(9(16)18-10(11,12)13)15-14-7-5-3-2-4-6-7/h2-6,8H,1H3. The summed E-state index contributed by atoms with van der Waals surface area (Å²) in [6, 6.07) is 8.30. The Morgan fingerprint density at radius 1 is 1.33 bits per heavy atom. The van der Waals surface area contributed by atoms with Gasteiger partial charge in [0.1, 0.15) is 0 Å². The van der Waals surface area contributed by atoms with Gasteiger partial charge in [0.2, 0.25) is 11.3 Å². The molecule has 0 heterocycles. The lowest BCUT2D eigenvalue weighted by molar-refractivity contribution is -0.120. The predicted molar refractivity (Wildman–Crippen MR) is 60.4 cm³/mol. The number of rotatable bonds is 4. The van der Waals surface area contributed by atoms with Crippen molar-refractivity contribution in [1.82, 2.24) is 0 Å². The molecule has 1 aromatic carbocycles. The van der Waals surface area contributed by atoms with E-state index in [9.17, 15) is 18.0 Å². The molecule has 0 saturated heterocycles. The first-order valence-electron chi connectivity index (χ1n) is 4.70. The SMILES string of the molecule is COC(N=Nc1ccccc1)C(=O)SC(F)(F)F. The molecular formula is C10H9F3N2O2S. The molecule has 1 aromatic rings. The molecule has 0 N–H and O–H groups in total. The van der Waals surface area contributed by atoms with Gasteiger partial charge >= 0.3 is 5.51 Å². The zero-order chi connectivity index (χ0) is 13.6. The molecule has 0 aromatic heterocycles. The Balaban J connectivity index is 2.68. The lowest BCUT2D eigenvalue weighted by atomic mass is 10.3. The van der Waals surface area contributed by atoms with Crippen LogP contribution in [-0.2, 0) is 9.53 Å². The summed E-state index contributed by atoms with van der Waals surface area (Å²) >= 11 is -0.793. The summed E-state index contributed by atoms with van der Waals surface area (Å²) in [4.78, 5) is 11.2. The van der Waals surface area contributed by atoms with Crippen LogP contribution in [0.2, 0.25) is 0 Å². The summed E-state index contributed by atoms with van der Waals surface area (Å²) in [5.41, 5.74) is -4.24. The van der Waals surface area contributed by atoms with Gasteiger partial charge in [-0.25, -0.2) is 0 Å². The molecular weight excluding hydrogens is 269 g/mol. The van der Waals surface area contributed by atoms with Gasteiger partial charge in [0.25, 0.3) is 0 Å². The van der Waals surface area contributed by atoms with E-state index >= 15 is 0 Å². The number of carbonyl (C=O) groups is 1. The van der Waals surface area contributed by atoms with Crippen LogP contribution in [0.4, 0.5) is 18.9 Å². The van der Waals surface area contributed by atoms with E-state index in [-0.39, 0.29) is 0 Å². The highest BCUT2D eigenvalue weighted by Gasteiger charge is 2.36. The van der Waals surface area contributed by atoms with Crippen LogP contribution in [0.3, 0.4) is 0 Å². The molecule has 0 fully saturated rings. The highest BCUT2D eigenvalue weighted by Crippen LogP contribution is 2.32. The molecule has 98 valence electrons. The van der Waals surface area contributed by atoms with Crippen molar-refractivity contribution in [3.63, 3.8) is 0 Å². The van der Waals surface area contributed by atoms with Gasteiger partial charge in [-0.3, -0.25) is 4.79 Å². The van der Waals surface area contributed by atoms with Gasteiger partial charge in [0.15, 0.2) is 0 Å². The number of hydrogen-bond acceptors (Lipinski definition) is 5. The Morgan fingerprint density at radius 3 is 2.44 bits per heavy atom. The van der Waals surface area contributed by atoms with Crippen LogP contribution in [0.1, 0.15) is 0 Å². The number of benzene rings is 1. The van der Waals surface area contributed by atoms with Crippen molar-refractivity contribution >= 4 is 22.6 Å². The van der Waals surface area contributed by atoms with Crippen molar-refractivity contribution in [3.8, 4) is 0 Å². The molecule has 0 spiro atoms. The highest BCUT2D eigenvalue weighted by molar-refractivity contribution is 8.14. The third-order valence-corrected chi connectivity index (χ3v) is 2.31. The normalized spacial score (nSPS) is 13.8.